The van der Waals surface area contributed by atoms with Crippen LogP contribution in [0.4, 0.5) is 5.69 Å². The minimum absolute atomic E-state index is 0.559. The molecule has 3 nitrogen and oxygen atoms in total. The highest BCUT2D eigenvalue weighted by Gasteiger charge is 2.02. The van der Waals surface area contributed by atoms with Crippen molar-refractivity contribution in [2.45, 2.75) is 13.0 Å². The number of rotatable bonds is 5. The lowest BCUT2D eigenvalue weighted by molar-refractivity contribution is 0.966. The van der Waals surface area contributed by atoms with Gasteiger partial charge in [0.05, 0.1) is 22.3 Å². The quantitative estimate of drug-likeness (QED) is 0.886. The van der Waals surface area contributed by atoms with Crippen LogP contribution in [0.15, 0.2) is 42.5 Å². The van der Waals surface area contributed by atoms with Crippen LogP contribution in [0.1, 0.15) is 16.7 Å². The smallest absolute Gasteiger partial charge is 0.0992 e. The molecule has 0 saturated carbocycles. The standard InChI is InChI=1S/C16H16ClN3/c17-15-9-14(10-19)5-6-16(15)20-11-13-3-1-12(2-4-13)7-8-18/h1-6,9,20H,7-8,11,18H2. The third-order valence-electron chi connectivity index (χ3n) is 3.04. The molecule has 0 aliphatic rings. The van der Waals surface area contributed by atoms with Gasteiger partial charge in [0.25, 0.3) is 0 Å². The van der Waals surface area contributed by atoms with Gasteiger partial charge in [0.1, 0.15) is 0 Å². The van der Waals surface area contributed by atoms with Crippen molar-refractivity contribution in [3.63, 3.8) is 0 Å². The van der Waals surface area contributed by atoms with Crippen molar-refractivity contribution in [1.29, 1.82) is 5.26 Å². The zero-order chi connectivity index (χ0) is 14.4. The number of halogens is 1. The molecule has 0 aliphatic carbocycles. The highest BCUT2D eigenvalue weighted by atomic mass is 35.5. The second-order valence-electron chi connectivity index (χ2n) is 4.52. The molecule has 2 rings (SSSR count). The van der Waals surface area contributed by atoms with Crippen LogP contribution < -0.4 is 11.1 Å². The lowest BCUT2D eigenvalue weighted by atomic mass is 10.1. The molecule has 4 heteroatoms. The molecule has 2 aromatic carbocycles. The van der Waals surface area contributed by atoms with Crippen molar-refractivity contribution in [1.82, 2.24) is 0 Å². The van der Waals surface area contributed by atoms with Crippen molar-refractivity contribution in [2.24, 2.45) is 5.73 Å². The zero-order valence-corrected chi connectivity index (χ0v) is 11.8. The first kappa shape index (κ1) is 14.4. The first-order valence-corrected chi connectivity index (χ1v) is 6.82. The van der Waals surface area contributed by atoms with E-state index in [-0.39, 0.29) is 0 Å². The Hall–Kier alpha value is -2.02. The van der Waals surface area contributed by atoms with Crippen LogP contribution in [0.5, 0.6) is 0 Å². The van der Waals surface area contributed by atoms with Crippen LogP contribution in [0, 0.1) is 11.3 Å². The number of nitriles is 1. The van der Waals surface area contributed by atoms with Crippen LogP contribution in [0.25, 0.3) is 0 Å². The van der Waals surface area contributed by atoms with E-state index in [4.69, 9.17) is 22.6 Å². The maximum atomic E-state index is 8.79. The van der Waals surface area contributed by atoms with Gasteiger partial charge in [0, 0.05) is 6.54 Å². The first-order valence-electron chi connectivity index (χ1n) is 6.44. The summed E-state index contributed by atoms with van der Waals surface area (Å²) in [7, 11) is 0. The van der Waals surface area contributed by atoms with E-state index in [1.54, 1.807) is 12.1 Å². The van der Waals surface area contributed by atoms with Gasteiger partial charge in [-0.25, -0.2) is 0 Å². The Morgan fingerprint density at radius 3 is 2.40 bits per heavy atom. The third kappa shape index (κ3) is 3.74. The van der Waals surface area contributed by atoms with E-state index in [1.165, 1.54) is 11.1 Å². The van der Waals surface area contributed by atoms with Crippen molar-refractivity contribution in [2.75, 3.05) is 11.9 Å². The molecule has 0 amide bonds. The molecule has 20 heavy (non-hydrogen) atoms. The second-order valence-corrected chi connectivity index (χ2v) is 4.92. The van der Waals surface area contributed by atoms with Crippen molar-refractivity contribution in [3.8, 4) is 6.07 Å². The predicted octanol–water partition coefficient (Wildman–Crippen LogP) is 3.32. The number of hydrogen-bond acceptors (Lipinski definition) is 3. The van der Waals surface area contributed by atoms with Crippen LogP contribution in [0.2, 0.25) is 5.02 Å². The summed E-state index contributed by atoms with van der Waals surface area (Å²) in [4.78, 5) is 0. The van der Waals surface area contributed by atoms with Crippen LogP contribution in [-0.2, 0) is 13.0 Å². The summed E-state index contributed by atoms with van der Waals surface area (Å²) in [6, 6.07) is 15.6. The Bertz CT molecular complexity index is 615. The first-order chi connectivity index (χ1) is 9.72. The lowest BCUT2D eigenvalue weighted by Crippen LogP contribution is -2.03. The van der Waals surface area contributed by atoms with Crippen molar-refractivity contribution < 1.29 is 0 Å². The molecule has 0 atom stereocenters. The van der Waals surface area contributed by atoms with E-state index in [9.17, 15) is 0 Å². The average Bonchev–Trinajstić information content (AvgIpc) is 2.48. The third-order valence-corrected chi connectivity index (χ3v) is 3.35. The molecule has 3 N–H and O–H groups in total. The molecule has 0 fully saturated rings. The number of nitrogens with zero attached hydrogens (tertiary/aromatic N) is 1. The van der Waals surface area contributed by atoms with Gasteiger partial charge < -0.3 is 11.1 Å². The molecule has 0 aromatic heterocycles. The van der Waals surface area contributed by atoms with Gasteiger partial charge in [-0.15, -0.1) is 0 Å². The van der Waals surface area contributed by atoms with Gasteiger partial charge >= 0.3 is 0 Å². The minimum atomic E-state index is 0.559. The lowest BCUT2D eigenvalue weighted by Gasteiger charge is -2.09. The Balaban J connectivity index is 2.00. The minimum Gasteiger partial charge on any atom is -0.380 e. The van der Waals surface area contributed by atoms with Gasteiger partial charge in [-0.1, -0.05) is 35.9 Å². The summed E-state index contributed by atoms with van der Waals surface area (Å²) in [5, 5.41) is 12.6. The summed E-state index contributed by atoms with van der Waals surface area (Å²) in [6.07, 6.45) is 0.898. The highest BCUT2D eigenvalue weighted by molar-refractivity contribution is 6.33. The zero-order valence-electron chi connectivity index (χ0n) is 11.1. The Morgan fingerprint density at radius 2 is 1.80 bits per heavy atom. The van der Waals surface area contributed by atoms with Gasteiger partial charge in [-0.3, -0.25) is 0 Å². The van der Waals surface area contributed by atoms with Crippen molar-refractivity contribution in [3.05, 3.63) is 64.2 Å². The molecular weight excluding hydrogens is 270 g/mol. The van der Waals surface area contributed by atoms with Crippen molar-refractivity contribution >= 4 is 17.3 Å². The molecule has 0 unspecified atom stereocenters. The van der Waals surface area contributed by atoms with Crippen LogP contribution in [-0.4, -0.2) is 6.54 Å². The fraction of sp³-hybridized carbons (Fsp3) is 0.188. The van der Waals surface area contributed by atoms with E-state index < -0.39 is 0 Å². The average molecular weight is 286 g/mol. The summed E-state index contributed by atoms with van der Waals surface area (Å²) in [5.74, 6) is 0. The molecule has 0 radical (unpaired) electrons. The molecule has 2 aromatic rings. The highest BCUT2D eigenvalue weighted by Crippen LogP contribution is 2.23. The number of nitrogens with two attached hydrogens (primary N) is 1. The van der Waals surface area contributed by atoms with Gasteiger partial charge in [-0.05, 0) is 42.3 Å². The number of anilines is 1. The topological polar surface area (TPSA) is 61.8 Å². The maximum absolute atomic E-state index is 8.79. The molecule has 102 valence electrons. The fourth-order valence-electron chi connectivity index (χ4n) is 1.92. The molecular formula is C16H16ClN3. The van der Waals surface area contributed by atoms with Gasteiger partial charge in [-0.2, -0.15) is 5.26 Å². The Labute approximate surface area is 124 Å². The van der Waals surface area contributed by atoms with E-state index in [0.717, 1.165) is 12.1 Å². The van der Waals surface area contributed by atoms with Gasteiger partial charge in [0.15, 0.2) is 0 Å². The largest absolute Gasteiger partial charge is 0.380 e. The van der Waals surface area contributed by atoms with Gasteiger partial charge in [0.2, 0.25) is 0 Å². The Kier molecular flexibility index (Phi) is 5.00. The molecule has 0 bridgehead atoms. The predicted molar refractivity (Wildman–Crippen MR) is 82.7 cm³/mol. The maximum Gasteiger partial charge on any atom is 0.0992 e. The van der Waals surface area contributed by atoms with E-state index >= 15 is 0 Å². The molecule has 0 spiro atoms. The SMILES string of the molecule is N#Cc1ccc(NCc2ccc(CCN)cc2)c(Cl)c1. The molecule has 0 heterocycles. The monoisotopic (exact) mass is 285 g/mol. The van der Waals surface area contributed by atoms with E-state index in [2.05, 4.69) is 35.7 Å². The number of hydrogen-bond donors (Lipinski definition) is 2. The normalized spacial score (nSPS) is 10.1. The molecule has 0 aliphatic heterocycles. The van der Waals surface area contributed by atoms with E-state index in [0.29, 0.717) is 23.7 Å². The summed E-state index contributed by atoms with van der Waals surface area (Å²) < 4.78 is 0. The fourth-order valence-corrected chi connectivity index (χ4v) is 2.16. The van der Waals surface area contributed by atoms with Crippen LogP contribution in [0.3, 0.4) is 0 Å². The van der Waals surface area contributed by atoms with Crippen LogP contribution >= 0.6 is 11.6 Å². The Morgan fingerprint density at radius 1 is 1.10 bits per heavy atom. The molecule has 0 saturated heterocycles. The van der Waals surface area contributed by atoms with E-state index in [1.807, 2.05) is 6.07 Å². The summed E-state index contributed by atoms with van der Waals surface area (Å²) in [5.41, 5.74) is 9.33. The number of nitrogens with one attached hydrogen (secondary N) is 1. The second kappa shape index (κ2) is 6.95. The summed E-state index contributed by atoms with van der Waals surface area (Å²) >= 11 is 6.11. The summed E-state index contributed by atoms with van der Waals surface area (Å²) in [6.45, 7) is 1.35. The number of benzene rings is 2.